The van der Waals surface area contributed by atoms with E-state index in [0.29, 0.717) is 24.2 Å². The molecule has 1 aliphatic carbocycles. The van der Waals surface area contributed by atoms with Crippen LogP contribution in [-0.2, 0) is 13.2 Å². The van der Waals surface area contributed by atoms with Crippen LogP contribution in [0.2, 0.25) is 0 Å². The van der Waals surface area contributed by atoms with Gasteiger partial charge in [-0.15, -0.1) is 0 Å². The summed E-state index contributed by atoms with van der Waals surface area (Å²) in [4.78, 5) is 15.9. The maximum atomic E-state index is 13.2. The van der Waals surface area contributed by atoms with E-state index >= 15 is 0 Å². The lowest BCUT2D eigenvalue weighted by Gasteiger charge is -2.29. The van der Waals surface area contributed by atoms with E-state index < -0.39 is 0 Å². The number of ether oxygens (including phenoxy) is 2. The molecular weight excluding hydrogens is 550 g/mol. The molecule has 0 unspecified atom stereocenters. The zero-order chi connectivity index (χ0) is 30.1. The fraction of sp³-hybridized carbons (Fsp3) is 0.289. The second-order valence-corrected chi connectivity index (χ2v) is 11.5. The molecule has 0 aliphatic heterocycles. The third kappa shape index (κ3) is 7.14. The van der Waals surface area contributed by atoms with Crippen LogP contribution in [0.5, 0.6) is 17.2 Å². The predicted octanol–water partition coefficient (Wildman–Crippen LogP) is 8.35. The van der Waals surface area contributed by atoms with Crippen LogP contribution in [0.4, 0.5) is 0 Å². The summed E-state index contributed by atoms with van der Waals surface area (Å²) < 4.78 is 18.5. The fourth-order valence-corrected chi connectivity index (χ4v) is 6.06. The lowest BCUT2D eigenvalue weighted by Crippen LogP contribution is -2.33. The van der Waals surface area contributed by atoms with Crippen LogP contribution < -0.4 is 14.9 Å². The zero-order valence-electron chi connectivity index (χ0n) is 25.0. The molecular formula is C38H39NO5. The van der Waals surface area contributed by atoms with Crippen LogP contribution in [0, 0.1) is 0 Å². The Balaban J connectivity index is 1.19. The Morgan fingerprint density at radius 1 is 0.795 bits per heavy atom. The van der Waals surface area contributed by atoms with E-state index in [1.807, 2.05) is 60.7 Å². The van der Waals surface area contributed by atoms with Crippen LogP contribution in [0.3, 0.4) is 0 Å². The van der Waals surface area contributed by atoms with Crippen molar-refractivity contribution in [1.29, 1.82) is 0 Å². The van der Waals surface area contributed by atoms with Crippen molar-refractivity contribution in [2.75, 3.05) is 13.2 Å². The molecule has 44 heavy (non-hydrogen) atoms. The molecule has 0 amide bonds. The fourth-order valence-electron chi connectivity index (χ4n) is 6.06. The molecule has 0 atom stereocenters. The third-order valence-electron chi connectivity index (χ3n) is 8.36. The van der Waals surface area contributed by atoms with E-state index in [1.54, 1.807) is 6.07 Å². The van der Waals surface area contributed by atoms with Crippen LogP contribution in [0.1, 0.15) is 49.7 Å². The molecule has 6 rings (SSSR count). The summed E-state index contributed by atoms with van der Waals surface area (Å²) in [5.41, 5.74) is 3.00. The van der Waals surface area contributed by atoms with Gasteiger partial charge < -0.3 is 19.0 Å². The molecule has 0 saturated heterocycles. The van der Waals surface area contributed by atoms with Gasteiger partial charge in [0.05, 0.1) is 6.61 Å². The number of benzene rings is 4. The second kappa shape index (κ2) is 14.3. The van der Waals surface area contributed by atoms with Gasteiger partial charge in [-0.3, -0.25) is 9.69 Å². The number of nitrogens with zero attached hydrogens (tertiary/aromatic N) is 1. The van der Waals surface area contributed by atoms with Gasteiger partial charge in [-0.1, -0.05) is 104 Å². The Morgan fingerprint density at radius 3 is 2.16 bits per heavy atom. The molecule has 4 aromatic carbocycles. The largest absolute Gasteiger partial charge is 0.504 e. The first-order chi connectivity index (χ1) is 21.7. The van der Waals surface area contributed by atoms with Crippen molar-refractivity contribution in [3.05, 3.63) is 124 Å². The number of phenols is 1. The average Bonchev–Trinajstić information content (AvgIpc) is 3.60. The predicted molar refractivity (Wildman–Crippen MR) is 174 cm³/mol. The molecule has 1 aliphatic rings. The molecule has 6 heteroatoms. The Hall–Kier alpha value is -4.55. The van der Waals surface area contributed by atoms with E-state index in [4.69, 9.17) is 13.9 Å². The number of hydrogen-bond acceptors (Lipinski definition) is 6. The van der Waals surface area contributed by atoms with Crippen molar-refractivity contribution in [2.45, 2.75) is 57.7 Å². The van der Waals surface area contributed by atoms with Gasteiger partial charge >= 0.3 is 0 Å². The van der Waals surface area contributed by atoms with Crippen molar-refractivity contribution in [1.82, 2.24) is 4.90 Å². The maximum absolute atomic E-state index is 13.2. The molecule has 6 nitrogen and oxygen atoms in total. The summed E-state index contributed by atoms with van der Waals surface area (Å²) in [5.74, 6) is 0.678. The first-order valence-corrected chi connectivity index (χ1v) is 15.6. The molecule has 0 spiro atoms. The number of unbranched alkanes of at least 4 members (excludes halogenated alkanes) is 1. The number of fused-ring (bicyclic) bond motifs is 1. The van der Waals surface area contributed by atoms with E-state index in [9.17, 15) is 9.90 Å². The number of hydrogen-bond donors (Lipinski definition) is 1. The van der Waals surface area contributed by atoms with Crippen LogP contribution >= 0.6 is 0 Å². The van der Waals surface area contributed by atoms with Gasteiger partial charge in [0.15, 0.2) is 16.9 Å². The molecule has 0 bridgehead atoms. The van der Waals surface area contributed by atoms with Gasteiger partial charge in [0.1, 0.15) is 23.3 Å². The van der Waals surface area contributed by atoms with Crippen molar-refractivity contribution < 1.29 is 19.0 Å². The highest BCUT2D eigenvalue weighted by atomic mass is 16.5. The molecule has 226 valence electrons. The van der Waals surface area contributed by atoms with Gasteiger partial charge in [0.25, 0.3) is 0 Å². The Bertz CT molecular complexity index is 1700. The Labute approximate surface area is 258 Å². The summed E-state index contributed by atoms with van der Waals surface area (Å²) in [6, 6.07) is 33.6. The first kappa shape index (κ1) is 29.5. The molecule has 0 radical (unpaired) electrons. The number of aromatic hydroxyl groups is 1. The van der Waals surface area contributed by atoms with Crippen molar-refractivity contribution >= 4 is 11.0 Å². The smallest absolute Gasteiger partial charge is 0.204 e. The van der Waals surface area contributed by atoms with Gasteiger partial charge in [0.2, 0.25) is 5.75 Å². The normalized spacial score (nSPS) is 13.5. The summed E-state index contributed by atoms with van der Waals surface area (Å²) in [7, 11) is 0. The lowest BCUT2D eigenvalue weighted by atomic mass is 10.1. The summed E-state index contributed by atoms with van der Waals surface area (Å²) >= 11 is 0. The maximum Gasteiger partial charge on any atom is 0.204 e. The van der Waals surface area contributed by atoms with Gasteiger partial charge in [-0.2, -0.15) is 0 Å². The lowest BCUT2D eigenvalue weighted by molar-refractivity contribution is 0.179. The van der Waals surface area contributed by atoms with Gasteiger partial charge in [-0.05, 0) is 43.4 Å². The number of rotatable bonds is 13. The van der Waals surface area contributed by atoms with E-state index in [0.717, 1.165) is 37.1 Å². The molecule has 5 aromatic rings. The topological polar surface area (TPSA) is 72.1 Å². The second-order valence-electron chi connectivity index (χ2n) is 11.5. The summed E-state index contributed by atoms with van der Waals surface area (Å²) in [6.07, 6.45) is 6.87. The molecule has 1 heterocycles. The molecule has 1 aromatic heterocycles. The highest BCUT2D eigenvalue weighted by Crippen LogP contribution is 2.43. The van der Waals surface area contributed by atoms with Gasteiger partial charge in [-0.25, -0.2) is 0 Å². The minimum atomic E-state index is -0.338. The molecule has 1 fully saturated rings. The minimum Gasteiger partial charge on any atom is -0.504 e. The first-order valence-electron chi connectivity index (χ1n) is 15.6. The van der Waals surface area contributed by atoms with Crippen molar-refractivity contribution in [3.8, 4) is 28.6 Å². The molecule has 1 N–H and O–H groups in total. The standard InChI is InChI=1S/C38H39NO5/c40-32-24-33(30-18-8-3-9-19-30)44-34-25-35(43-27-29-16-6-2-7-17-29)38(37(41)36(32)34)42-23-13-12-22-39(31-20-10-11-21-31)26-28-14-4-1-5-15-28/h1-9,14-19,24-25,31,41H,10-13,20-23,26-27H2. The Morgan fingerprint density at radius 2 is 1.45 bits per heavy atom. The highest BCUT2D eigenvalue weighted by molar-refractivity contribution is 5.89. The van der Waals surface area contributed by atoms with Crippen LogP contribution in [0.15, 0.2) is 112 Å². The summed E-state index contributed by atoms with van der Waals surface area (Å²) in [6.45, 7) is 2.60. The third-order valence-corrected chi connectivity index (χ3v) is 8.36. The minimum absolute atomic E-state index is 0.0852. The van der Waals surface area contributed by atoms with Crippen LogP contribution in [-0.4, -0.2) is 29.2 Å². The van der Waals surface area contributed by atoms with E-state index in [1.165, 1.54) is 37.3 Å². The average molecular weight is 590 g/mol. The van der Waals surface area contributed by atoms with E-state index in [2.05, 4.69) is 35.2 Å². The molecule has 1 saturated carbocycles. The van der Waals surface area contributed by atoms with E-state index in [-0.39, 0.29) is 34.5 Å². The highest BCUT2D eigenvalue weighted by Gasteiger charge is 2.23. The van der Waals surface area contributed by atoms with Crippen molar-refractivity contribution in [3.63, 3.8) is 0 Å². The SMILES string of the molecule is O=c1cc(-c2ccccc2)oc2cc(OCc3ccccc3)c(OCCCCN(Cc3ccccc3)C3CCCC3)c(O)c12. The Kier molecular flexibility index (Phi) is 9.58. The zero-order valence-corrected chi connectivity index (χ0v) is 25.0. The number of phenolic OH excluding ortho intramolecular Hbond substituents is 1. The van der Waals surface area contributed by atoms with Gasteiger partial charge in [0, 0.05) is 30.3 Å². The van der Waals surface area contributed by atoms with Crippen LogP contribution in [0.25, 0.3) is 22.3 Å². The summed E-state index contributed by atoms with van der Waals surface area (Å²) in [5, 5.41) is 11.4. The van der Waals surface area contributed by atoms with Crippen molar-refractivity contribution in [2.24, 2.45) is 0 Å². The quantitative estimate of drug-likeness (QED) is 0.139. The monoisotopic (exact) mass is 589 g/mol.